The van der Waals surface area contributed by atoms with Gasteiger partial charge < -0.3 is 4.98 Å². The van der Waals surface area contributed by atoms with Crippen LogP contribution in [0, 0.1) is 5.82 Å². The van der Waals surface area contributed by atoms with Crippen LogP contribution in [0.1, 0.15) is 11.1 Å². The van der Waals surface area contributed by atoms with Crippen LogP contribution in [0.2, 0.25) is 5.02 Å². The van der Waals surface area contributed by atoms with Crippen molar-refractivity contribution in [2.45, 2.75) is 6.42 Å². The van der Waals surface area contributed by atoms with E-state index in [9.17, 15) is 4.39 Å². The molecule has 0 unspecified atom stereocenters. The Labute approximate surface area is 156 Å². The highest BCUT2D eigenvalue weighted by atomic mass is 35.5. The van der Waals surface area contributed by atoms with Crippen LogP contribution < -0.4 is 0 Å². The number of rotatable bonds is 4. The molecule has 0 aliphatic rings. The van der Waals surface area contributed by atoms with Crippen molar-refractivity contribution in [2.75, 3.05) is 0 Å². The molecular weight excluding hydrogens is 347 g/mol. The highest BCUT2D eigenvalue weighted by molar-refractivity contribution is 6.33. The summed E-state index contributed by atoms with van der Waals surface area (Å²) < 4.78 is 14.1. The number of H-pyrrole nitrogens is 1. The van der Waals surface area contributed by atoms with Crippen LogP contribution in [-0.4, -0.2) is 9.97 Å². The van der Waals surface area contributed by atoms with E-state index in [-0.39, 0.29) is 0 Å². The summed E-state index contributed by atoms with van der Waals surface area (Å²) in [5, 5.41) is 0.337. The Kier molecular flexibility index (Phi) is 4.55. The van der Waals surface area contributed by atoms with E-state index in [1.165, 1.54) is 17.2 Å². The monoisotopic (exact) mass is 362 g/mol. The molecule has 0 saturated carbocycles. The minimum Gasteiger partial charge on any atom is -0.338 e. The zero-order valence-corrected chi connectivity index (χ0v) is 14.7. The fourth-order valence-corrected chi connectivity index (χ4v) is 3.21. The first-order valence-corrected chi connectivity index (χ1v) is 8.71. The number of hydrogen-bond donors (Lipinski definition) is 1. The molecule has 4 aromatic rings. The Balaban J connectivity index is 1.58. The van der Waals surface area contributed by atoms with Crippen molar-refractivity contribution >= 4 is 11.6 Å². The van der Waals surface area contributed by atoms with Gasteiger partial charge >= 0.3 is 0 Å². The van der Waals surface area contributed by atoms with Crippen molar-refractivity contribution in [2.24, 2.45) is 0 Å². The van der Waals surface area contributed by atoms with Gasteiger partial charge in [-0.2, -0.15) is 0 Å². The molecule has 0 bridgehead atoms. The second kappa shape index (κ2) is 7.14. The quantitative estimate of drug-likeness (QED) is 0.465. The van der Waals surface area contributed by atoms with Gasteiger partial charge in [0.2, 0.25) is 0 Å². The number of aromatic amines is 1. The van der Waals surface area contributed by atoms with Gasteiger partial charge in [-0.3, -0.25) is 0 Å². The third-order valence-corrected chi connectivity index (χ3v) is 4.61. The molecule has 128 valence electrons. The molecule has 0 fully saturated rings. The zero-order valence-electron chi connectivity index (χ0n) is 13.9. The molecule has 0 radical (unpaired) electrons. The van der Waals surface area contributed by atoms with E-state index in [0.29, 0.717) is 16.4 Å². The van der Waals surface area contributed by atoms with Gasteiger partial charge in [-0.15, -0.1) is 0 Å². The average Bonchev–Trinajstić information content (AvgIpc) is 3.13. The third-order valence-electron chi connectivity index (χ3n) is 4.29. The summed E-state index contributed by atoms with van der Waals surface area (Å²) in [7, 11) is 0. The second-order valence-corrected chi connectivity index (χ2v) is 6.51. The van der Waals surface area contributed by atoms with Gasteiger partial charge in [0, 0.05) is 0 Å². The summed E-state index contributed by atoms with van der Waals surface area (Å²) in [6, 6.07) is 23.2. The van der Waals surface area contributed by atoms with Crippen molar-refractivity contribution in [1.29, 1.82) is 0 Å². The van der Waals surface area contributed by atoms with E-state index in [0.717, 1.165) is 17.7 Å². The van der Waals surface area contributed by atoms with Crippen LogP contribution in [0.15, 0.2) is 79.0 Å². The highest BCUT2D eigenvalue weighted by Crippen LogP contribution is 2.30. The van der Waals surface area contributed by atoms with Crippen LogP contribution >= 0.6 is 11.6 Å². The average molecular weight is 363 g/mol. The summed E-state index contributed by atoms with van der Waals surface area (Å²) in [5.41, 5.74) is 4.62. The number of imidazole rings is 1. The predicted molar refractivity (Wildman–Crippen MR) is 104 cm³/mol. The number of benzene rings is 3. The Morgan fingerprint density at radius 2 is 1.58 bits per heavy atom. The SMILES string of the molecule is Fc1cccc(Cl)c1-c1ncc(-c2ccc(Cc3ccccc3)cc2)[nH]1. The predicted octanol–water partition coefficient (Wildman–Crippen LogP) is 6.13. The molecule has 1 heterocycles. The van der Waals surface area contributed by atoms with Crippen LogP contribution in [-0.2, 0) is 6.42 Å². The molecule has 0 atom stereocenters. The van der Waals surface area contributed by atoms with E-state index in [2.05, 4.69) is 34.2 Å². The zero-order chi connectivity index (χ0) is 17.9. The number of nitrogens with one attached hydrogen (secondary N) is 1. The molecule has 3 aromatic carbocycles. The molecule has 0 amide bonds. The summed E-state index contributed by atoms with van der Waals surface area (Å²) in [4.78, 5) is 7.46. The smallest absolute Gasteiger partial charge is 0.142 e. The Hall–Kier alpha value is -2.91. The first-order valence-electron chi connectivity index (χ1n) is 8.33. The number of nitrogens with zero attached hydrogens (tertiary/aromatic N) is 1. The van der Waals surface area contributed by atoms with Gasteiger partial charge in [-0.05, 0) is 35.2 Å². The summed E-state index contributed by atoms with van der Waals surface area (Å²) >= 11 is 6.12. The molecule has 4 rings (SSSR count). The van der Waals surface area contributed by atoms with Crippen molar-refractivity contribution in [3.63, 3.8) is 0 Å². The van der Waals surface area contributed by atoms with E-state index in [1.807, 2.05) is 30.3 Å². The summed E-state index contributed by atoms with van der Waals surface area (Å²) in [5.74, 6) is 0.0353. The highest BCUT2D eigenvalue weighted by Gasteiger charge is 2.13. The molecular formula is C22H16ClFN2. The molecule has 1 aromatic heterocycles. The molecule has 0 saturated heterocycles. The molecule has 0 spiro atoms. The number of aromatic nitrogens is 2. The lowest BCUT2D eigenvalue weighted by Gasteiger charge is -2.04. The molecule has 2 nitrogen and oxygen atoms in total. The molecule has 1 N–H and O–H groups in total. The molecule has 4 heteroatoms. The molecule has 26 heavy (non-hydrogen) atoms. The van der Waals surface area contributed by atoms with Crippen molar-refractivity contribution in [1.82, 2.24) is 9.97 Å². The molecule has 0 aliphatic carbocycles. The van der Waals surface area contributed by atoms with Crippen molar-refractivity contribution in [3.8, 4) is 22.6 Å². The van der Waals surface area contributed by atoms with Crippen molar-refractivity contribution in [3.05, 3.63) is 101 Å². The lowest BCUT2D eigenvalue weighted by Crippen LogP contribution is -1.89. The maximum absolute atomic E-state index is 14.1. The topological polar surface area (TPSA) is 28.7 Å². The van der Waals surface area contributed by atoms with Gasteiger partial charge in [-0.1, -0.05) is 72.3 Å². The molecule has 0 aliphatic heterocycles. The standard InChI is InChI=1S/C22H16ClFN2/c23-18-7-4-8-19(24)21(18)22-25-14-20(26-22)17-11-9-16(10-12-17)13-15-5-2-1-3-6-15/h1-12,14H,13H2,(H,25,26). The first kappa shape index (κ1) is 16.6. The largest absolute Gasteiger partial charge is 0.338 e. The van der Waals surface area contributed by atoms with Crippen LogP contribution in [0.25, 0.3) is 22.6 Å². The van der Waals surface area contributed by atoms with Gasteiger partial charge in [0.25, 0.3) is 0 Å². The second-order valence-electron chi connectivity index (χ2n) is 6.10. The Morgan fingerprint density at radius 3 is 2.31 bits per heavy atom. The Morgan fingerprint density at radius 1 is 0.846 bits per heavy atom. The van der Waals surface area contributed by atoms with E-state index in [4.69, 9.17) is 11.6 Å². The lowest BCUT2D eigenvalue weighted by molar-refractivity contribution is 0.630. The lowest BCUT2D eigenvalue weighted by atomic mass is 10.0. The number of hydrogen-bond acceptors (Lipinski definition) is 1. The fourth-order valence-electron chi connectivity index (χ4n) is 2.95. The van der Waals surface area contributed by atoms with Gasteiger partial charge in [0.1, 0.15) is 11.6 Å². The number of halogens is 2. The van der Waals surface area contributed by atoms with Crippen LogP contribution in [0.3, 0.4) is 0 Å². The fraction of sp³-hybridized carbons (Fsp3) is 0.0455. The maximum atomic E-state index is 14.1. The first-order chi connectivity index (χ1) is 12.7. The minimum atomic E-state index is -0.392. The minimum absolute atomic E-state index is 0.293. The summed E-state index contributed by atoms with van der Waals surface area (Å²) in [6.07, 6.45) is 2.59. The van der Waals surface area contributed by atoms with Crippen molar-refractivity contribution < 1.29 is 4.39 Å². The maximum Gasteiger partial charge on any atom is 0.142 e. The van der Waals surface area contributed by atoms with Gasteiger partial charge in [-0.25, -0.2) is 9.37 Å². The van der Waals surface area contributed by atoms with Crippen LogP contribution in [0.4, 0.5) is 4.39 Å². The van der Waals surface area contributed by atoms with Gasteiger partial charge in [0.05, 0.1) is 22.5 Å². The van der Waals surface area contributed by atoms with Gasteiger partial charge in [0.15, 0.2) is 0 Å². The normalized spacial score (nSPS) is 10.8. The van der Waals surface area contributed by atoms with E-state index < -0.39 is 5.82 Å². The van der Waals surface area contributed by atoms with E-state index in [1.54, 1.807) is 18.3 Å². The van der Waals surface area contributed by atoms with Crippen LogP contribution in [0.5, 0.6) is 0 Å². The third kappa shape index (κ3) is 3.39. The Bertz CT molecular complexity index is 1000. The van der Waals surface area contributed by atoms with E-state index >= 15 is 0 Å². The summed E-state index contributed by atoms with van der Waals surface area (Å²) in [6.45, 7) is 0.